The lowest BCUT2D eigenvalue weighted by atomic mass is 9.97. The number of benzene rings is 3. The van der Waals surface area contributed by atoms with Gasteiger partial charge in [0.25, 0.3) is 0 Å². The van der Waals surface area contributed by atoms with E-state index in [9.17, 15) is 10.2 Å². The molecule has 0 aliphatic carbocycles. The summed E-state index contributed by atoms with van der Waals surface area (Å²) in [6, 6.07) is 17.3. The van der Waals surface area contributed by atoms with Gasteiger partial charge in [-0.3, -0.25) is 0 Å². The Morgan fingerprint density at radius 1 is 0.926 bits per heavy atom. The Bertz CT molecular complexity index is 1100. The zero-order chi connectivity index (χ0) is 19.0. The maximum Gasteiger partial charge on any atom is 0.184 e. The van der Waals surface area contributed by atoms with Crippen LogP contribution in [0.2, 0.25) is 10.0 Å². The number of halogens is 2. The second-order valence-corrected chi connectivity index (χ2v) is 7.82. The normalized spacial score (nSPS) is 12.2. The molecular weight excluding hydrogens is 403 g/mol. The number of phenols is 2. The Morgan fingerprint density at radius 3 is 2.52 bits per heavy atom. The molecule has 3 N–H and O–H groups in total. The zero-order valence-corrected chi connectivity index (χ0v) is 16.2. The first-order valence-electron chi connectivity index (χ1n) is 8.11. The monoisotopic (exact) mass is 416 g/mol. The van der Waals surface area contributed by atoms with Gasteiger partial charge in [-0.15, -0.1) is 0 Å². The summed E-state index contributed by atoms with van der Waals surface area (Å²) >= 11 is 14.0. The van der Waals surface area contributed by atoms with Gasteiger partial charge in [0, 0.05) is 15.6 Å². The van der Waals surface area contributed by atoms with Crippen LogP contribution in [0.15, 0.2) is 60.7 Å². The minimum absolute atomic E-state index is 0.200. The molecular formula is C20H14Cl2N2O2S. The smallest absolute Gasteiger partial charge is 0.184 e. The van der Waals surface area contributed by atoms with Crippen molar-refractivity contribution >= 4 is 49.9 Å². The third-order valence-electron chi connectivity index (χ3n) is 4.19. The molecule has 0 aliphatic rings. The number of nitrogens with one attached hydrogen (secondary N) is 1. The topological polar surface area (TPSA) is 65.4 Å². The summed E-state index contributed by atoms with van der Waals surface area (Å²) in [6.45, 7) is 0. The number of aromatic hydroxyl groups is 2. The maximum atomic E-state index is 10.4. The van der Waals surface area contributed by atoms with Crippen LogP contribution in [0.5, 0.6) is 11.5 Å². The highest BCUT2D eigenvalue weighted by Gasteiger charge is 2.23. The fraction of sp³-hybridized carbons (Fsp3) is 0.0500. The van der Waals surface area contributed by atoms with Gasteiger partial charge in [-0.2, -0.15) is 0 Å². The molecule has 0 fully saturated rings. The number of hydrogen-bond acceptors (Lipinski definition) is 5. The number of thiazole rings is 1. The molecule has 0 amide bonds. The predicted molar refractivity (Wildman–Crippen MR) is 111 cm³/mol. The van der Waals surface area contributed by atoms with Gasteiger partial charge in [0.15, 0.2) is 16.6 Å². The first-order chi connectivity index (χ1) is 13.0. The molecule has 0 radical (unpaired) electrons. The average molecular weight is 417 g/mol. The highest BCUT2D eigenvalue weighted by molar-refractivity contribution is 7.22. The van der Waals surface area contributed by atoms with Crippen LogP contribution in [0, 0.1) is 0 Å². The first kappa shape index (κ1) is 17.9. The average Bonchev–Trinajstić information content (AvgIpc) is 3.05. The van der Waals surface area contributed by atoms with Gasteiger partial charge in [0.05, 0.1) is 16.3 Å². The quantitative estimate of drug-likeness (QED) is 0.345. The van der Waals surface area contributed by atoms with Crippen LogP contribution in [0.4, 0.5) is 5.13 Å². The molecule has 0 saturated heterocycles. The van der Waals surface area contributed by atoms with Crippen molar-refractivity contribution in [3.8, 4) is 11.5 Å². The highest BCUT2D eigenvalue weighted by Crippen LogP contribution is 2.41. The lowest BCUT2D eigenvalue weighted by molar-refractivity contribution is 0.398. The minimum atomic E-state index is -0.526. The van der Waals surface area contributed by atoms with Crippen molar-refractivity contribution < 1.29 is 10.2 Å². The van der Waals surface area contributed by atoms with Gasteiger partial charge < -0.3 is 15.5 Å². The number of para-hydroxylation sites is 2. The number of phenolic OH excluding ortho intramolecular Hbond substituents is 2. The van der Waals surface area contributed by atoms with E-state index in [4.69, 9.17) is 23.2 Å². The van der Waals surface area contributed by atoms with E-state index in [0.29, 0.717) is 26.3 Å². The van der Waals surface area contributed by atoms with Gasteiger partial charge in [0.2, 0.25) is 0 Å². The van der Waals surface area contributed by atoms with Crippen LogP contribution in [0.3, 0.4) is 0 Å². The summed E-state index contributed by atoms with van der Waals surface area (Å²) < 4.78 is 1.04. The standard InChI is InChI=1S/C20H14Cl2N2O2S/c21-11-8-9-12(14(22)10-11)18(13-4-3-6-16(25)19(13)26)24-20-23-15-5-1-2-7-17(15)27-20/h1-10,18,25-26H,(H,23,24). The Hall–Kier alpha value is -2.47. The molecule has 3 aromatic carbocycles. The molecule has 136 valence electrons. The minimum Gasteiger partial charge on any atom is -0.504 e. The van der Waals surface area contributed by atoms with Gasteiger partial charge >= 0.3 is 0 Å². The summed E-state index contributed by atoms with van der Waals surface area (Å²) in [5, 5.41) is 25.3. The Kier molecular flexibility index (Phi) is 4.83. The van der Waals surface area contributed by atoms with E-state index in [1.54, 1.807) is 30.3 Å². The van der Waals surface area contributed by atoms with E-state index in [1.807, 2.05) is 24.3 Å². The summed E-state index contributed by atoms with van der Waals surface area (Å²) in [4.78, 5) is 4.60. The van der Waals surface area contributed by atoms with Crippen LogP contribution < -0.4 is 5.32 Å². The fourth-order valence-electron chi connectivity index (χ4n) is 2.90. The summed E-state index contributed by atoms with van der Waals surface area (Å²) in [5.41, 5.74) is 2.07. The van der Waals surface area contributed by atoms with E-state index >= 15 is 0 Å². The highest BCUT2D eigenvalue weighted by atomic mass is 35.5. The summed E-state index contributed by atoms with van der Waals surface area (Å²) in [5.74, 6) is -0.407. The number of fused-ring (bicyclic) bond motifs is 1. The lowest BCUT2D eigenvalue weighted by Crippen LogP contribution is -2.13. The first-order valence-corrected chi connectivity index (χ1v) is 9.68. The van der Waals surface area contributed by atoms with Crippen molar-refractivity contribution in [2.45, 2.75) is 6.04 Å². The molecule has 0 bridgehead atoms. The molecule has 27 heavy (non-hydrogen) atoms. The second-order valence-electron chi connectivity index (χ2n) is 5.94. The fourth-order valence-corrected chi connectivity index (χ4v) is 4.31. The number of aromatic nitrogens is 1. The van der Waals surface area contributed by atoms with Crippen LogP contribution in [-0.2, 0) is 0 Å². The van der Waals surface area contributed by atoms with Crippen LogP contribution in [0.1, 0.15) is 17.2 Å². The molecule has 4 nitrogen and oxygen atoms in total. The Labute approximate surface area is 169 Å². The Balaban J connectivity index is 1.83. The van der Waals surface area contributed by atoms with Crippen LogP contribution in [-0.4, -0.2) is 15.2 Å². The second kappa shape index (κ2) is 7.27. The summed E-state index contributed by atoms with van der Waals surface area (Å²) in [7, 11) is 0. The lowest BCUT2D eigenvalue weighted by Gasteiger charge is -2.22. The van der Waals surface area contributed by atoms with Crippen molar-refractivity contribution in [1.29, 1.82) is 0 Å². The van der Waals surface area contributed by atoms with E-state index in [-0.39, 0.29) is 11.5 Å². The molecule has 4 aromatic rings. The number of rotatable bonds is 4. The molecule has 1 unspecified atom stereocenters. The summed E-state index contributed by atoms with van der Waals surface area (Å²) in [6.07, 6.45) is 0. The molecule has 7 heteroatoms. The van der Waals surface area contributed by atoms with Gasteiger partial charge in [-0.05, 0) is 35.9 Å². The van der Waals surface area contributed by atoms with E-state index in [1.165, 1.54) is 17.4 Å². The number of anilines is 1. The number of nitrogens with zero attached hydrogens (tertiary/aromatic N) is 1. The van der Waals surface area contributed by atoms with Crippen LogP contribution in [0.25, 0.3) is 10.2 Å². The van der Waals surface area contributed by atoms with Crippen molar-refractivity contribution in [2.75, 3.05) is 5.32 Å². The maximum absolute atomic E-state index is 10.4. The van der Waals surface area contributed by atoms with Crippen molar-refractivity contribution in [3.63, 3.8) is 0 Å². The predicted octanol–water partition coefficient (Wildman–Crippen LogP) is 6.22. The van der Waals surface area contributed by atoms with Crippen LogP contribution >= 0.6 is 34.5 Å². The molecule has 0 saturated carbocycles. The molecule has 1 heterocycles. The zero-order valence-electron chi connectivity index (χ0n) is 13.9. The largest absolute Gasteiger partial charge is 0.504 e. The Morgan fingerprint density at radius 2 is 1.74 bits per heavy atom. The molecule has 4 rings (SSSR count). The van der Waals surface area contributed by atoms with E-state index < -0.39 is 6.04 Å². The van der Waals surface area contributed by atoms with Gasteiger partial charge in [0.1, 0.15) is 0 Å². The third-order valence-corrected chi connectivity index (χ3v) is 5.72. The van der Waals surface area contributed by atoms with Crippen molar-refractivity contribution in [3.05, 3.63) is 81.8 Å². The third kappa shape index (κ3) is 3.54. The molecule has 0 aliphatic heterocycles. The molecule has 0 spiro atoms. The molecule has 1 aromatic heterocycles. The van der Waals surface area contributed by atoms with E-state index in [2.05, 4.69) is 10.3 Å². The van der Waals surface area contributed by atoms with E-state index in [0.717, 1.165) is 10.2 Å². The number of hydrogen-bond donors (Lipinski definition) is 3. The van der Waals surface area contributed by atoms with Crippen molar-refractivity contribution in [1.82, 2.24) is 4.98 Å². The SMILES string of the molecule is Oc1cccc(C(Nc2nc3ccccc3s2)c2ccc(Cl)cc2Cl)c1O. The van der Waals surface area contributed by atoms with Crippen molar-refractivity contribution in [2.24, 2.45) is 0 Å². The van der Waals surface area contributed by atoms with Gasteiger partial charge in [-0.25, -0.2) is 4.98 Å². The van der Waals surface area contributed by atoms with Gasteiger partial charge in [-0.1, -0.05) is 64.9 Å². The molecule has 1 atom stereocenters.